The molecule has 4 rings (SSSR count). The molecule has 0 saturated carbocycles. The van der Waals surface area contributed by atoms with Crippen LogP contribution in [0.5, 0.6) is 0 Å². The van der Waals surface area contributed by atoms with Crippen LogP contribution in [0.25, 0.3) is 0 Å². The molecule has 0 radical (unpaired) electrons. The SMILES string of the molecule is N#Cc1ccnc(N2CC3CC2CN3c2ncccc2F)n1. The van der Waals surface area contributed by atoms with Gasteiger partial charge in [0, 0.05) is 25.5 Å². The minimum atomic E-state index is -0.288. The number of hydrogen-bond donors (Lipinski definition) is 0. The summed E-state index contributed by atoms with van der Waals surface area (Å²) >= 11 is 0. The van der Waals surface area contributed by atoms with E-state index in [2.05, 4.69) is 19.9 Å². The van der Waals surface area contributed by atoms with Crippen molar-refractivity contribution in [2.24, 2.45) is 0 Å². The second-order valence-corrected chi connectivity index (χ2v) is 5.51. The number of aromatic nitrogens is 3. The maximum absolute atomic E-state index is 13.9. The number of fused-ring (bicyclic) bond motifs is 2. The highest BCUT2D eigenvalue weighted by Crippen LogP contribution is 2.36. The number of nitriles is 1. The Hall–Kier alpha value is -2.75. The van der Waals surface area contributed by atoms with E-state index in [-0.39, 0.29) is 17.9 Å². The molecule has 0 spiro atoms. The van der Waals surface area contributed by atoms with Crippen LogP contribution in [0.15, 0.2) is 30.6 Å². The number of halogens is 1. The molecule has 2 aliphatic rings. The van der Waals surface area contributed by atoms with Crippen molar-refractivity contribution in [3.8, 4) is 6.07 Å². The number of rotatable bonds is 2. The van der Waals surface area contributed by atoms with Gasteiger partial charge in [-0.2, -0.15) is 5.26 Å². The van der Waals surface area contributed by atoms with Crippen LogP contribution in [-0.2, 0) is 0 Å². The van der Waals surface area contributed by atoms with Gasteiger partial charge in [0.15, 0.2) is 11.6 Å². The van der Waals surface area contributed by atoms with E-state index in [0.29, 0.717) is 24.0 Å². The van der Waals surface area contributed by atoms with Crippen molar-refractivity contribution in [3.05, 3.63) is 42.1 Å². The lowest BCUT2D eigenvalue weighted by Crippen LogP contribution is -2.47. The number of pyridine rings is 1. The second kappa shape index (κ2) is 4.91. The lowest BCUT2D eigenvalue weighted by atomic mass is 10.2. The molecule has 0 aliphatic carbocycles. The topological polar surface area (TPSA) is 68.9 Å². The molecular weight excluding hydrogens is 283 g/mol. The van der Waals surface area contributed by atoms with Gasteiger partial charge in [0.05, 0.1) is 12.1 Å². The van der Waals surface area contributed by atoms with Gasteiger partial charge in [-0.25, -0.2) is 19.3 Å². The summed E-state index contributed by atoms with van der Waals surface area (Å²) in [6.45, 7) is 1.41. The monoisotopic (exact) mass is 296 g/mol. The summed E-state index contributed by atoms with van der Waals surface area (Å²) in [5.74, 6) is 0.707. The third-order valence-corrected chi connectivity index (χ3v) is 4.27. The Morgan fingerprint density at radius 1 is 1.14 bits per heavy atom. The number of hydrogen-bond acceptors (Lipinski definition) is 6. The third-order valence-electron chi connectivity index (χ3n) is 4.27. The zero-order valence-corrected chi connectivity index (χ0v) is 11.7. The average molecular weight is 296 g/mol. The van der Waals surface area contributed by atoms with Crippen LogP contribution in [0.1, 0.15) is 12.1 Å². The van der Waals surface area contributed by atoms with Gasteiger partial charge in [-0.3, -0.25) is 0 Å². The van der Waals surface area contributed by atoms with Crippen molar-refractivity contribution in [1.29, 1.82) is 5.26 Å². The molecule has 0 amide bonds. The molecule has 2 aliphatic heterocycles. The molecule has 0 aromatic carbocycles. The van der Waals surface area contributed by atoms with Gasteiger partial charge in [0.1, 0.15) is 11.8 Å². The Bertz CT molecular complexity index is 758. The molecule has 4 heterocycles. The van der Waals surface area contributed by atoms with Crippen LogP contribution in [0.2, 0.25) is 0 Å². The van der Waals surface area contributed by atoms with Gasteiger partial charge in [-0.1, -0.05) is 0 Å². The van der Waals surface area contributed by atoms with Gasteiger partial charge < -0.3 is 9.80 Å². The van der Waals surface area contributed by atoms with E-state index in [1.165, 1.54) is 6.07 Å². The van der Waals surface area contributed by atoms with Crippen LogP contribution < -0.4 is 9.80 Å². The predicted octanol–water partition coefficient (Wildman–Crippen LogP) is 1.35. The third kappa shape index (κ3) is 1.96. The molecule has 2 aromatic rings. The van der Waals surface area contributed by atoms with Gasteiger partial charge in [-0.15, -0.1) is 0 Å². The van der Waals surface area contributed by atoms with Crippen molar-refractivity contribution in [2.75, 3.05) is 22.9 Å². The first-order valence-electron chi connectivity index (χ1n) is 7.13. The fraction of sp³-hybridized carbons (Fsp3) is 0.333. The van der Waals surface area contributed by atoms with Crippen molar-refractivity contribution in [1.82, 2.24) is 15.0 Å². The molecule has 2 atom stereocenters. The van der Waals surface area contributed by atoms with Gasteiger partial charge in [-0.05, 0) is 24.6 Å². The molecule has 6 nitrogen and oxygen atoms in total. The molecule has 7 heteroatoms. The van der Waals surface area contributed by atoms with Crippen LogP contribution in [-0.4, -0.2) is 40.1 Å². The first-order chi connectivity index (χ1) is 10.8. The zero-order chi connectivity index (χ0) is 15.1. The van der Waals surface area contributed by atoms with Crippen LogP contribution in [0.3, 0.4) is 0 Å². The van der Waals surface area contributed by atoms with E-state index < -0.39 is 0 Å². The highest BCUT2D eigenvalue weighted by molar-refractivity contribution is 5.50. The molecule has 2 fully saturated rings. The van der Waals surface area contributed by atoms with Crippen molar-refractivity contribution in [2.45, 2.75) is 18.5 Å². The maximum Gasteiger partial charge on any atom is 0.226 e. The molecule has 22 heavy (non-hydrogen) atoms. The normalized spacial score (nSPS) is 22.9. The summed E-state index contributed by atoms with van der Waals surface area (Å²) in [6.07, 6.45) is 4.14. The highest BCUT2D eigenvalue weighted by Gasteiger charge is 2.45. The minimum Gasteiger partial charge on any atom is -0.347 e. The Labute approximate surface area is 126 Å². The smallest absolute Gasteiger partial charge is 0.226 e. The van der Waals surface area contributed by atoms with E-state index in [1.54, 1.807) is 24.5 Å². The Kier molecular flexibility index (Phi) is 2.89. The van der Waals surface area contributed by atoms with Gasteiger partial charge >= 0.3 is 0 Å². The summed E-state index contributed by atoms with van der Waals surface area (Å²) in [4.78, 5) is 16.8. The van der Waals surface area contributed by atoms with Crippen molar-refractivity contribution in [3.63, 3.8) is 0 Å². The first kappa shape index (κ1) is 13.0. The van der Waals surface area contributed by atoms with Crippen LogP contribution in [0.4, 0.5) is 16.2 Å². The standard InChI is InChI=1S/C15H13FN6/c16-13-2-1-4-18-14(13)21-8-12-6-11(21)9-22(12)15-19-5-3-10(7-17)20-15/h1-5,11-12H,6,8-9H2. The lowest BCUT2D eigenvalue weighted by molar-refractivity contribution is 0.581. The molecule has 0 N–H and O–H groups in total. The van der Waals surface area contributed by atoms with Gasteiger partial charge in [0.25, 0.3) is 0 Å². The predicted molar refractivity (Wildman–Crippen MR) is 77.8 cm³/mol. The molecule has 2 unspecified atom stereocenters. The second-order valence-electron chi connectivity index (χ2n) is 5.51. The summed E-state index contributed by atoms with van der Waals surface area (Å²) in [5.41, 5.74) is 0.361. The molecule has 110 valence electrons. The quantitative estimate of drug-likeness (QED) is 0.833. The fourth-order valence-corrected chi connectivity index (χ4v) is 3.31. The first-order valence-corrected chi connectivity index (χ1v) is 7.13. The summed E-state index contributed by atoms with van der Waals surface area (Å²) in [6, 6.07) is 7.07. The number of anilines is 2. The van der Waals surface area contributed by atoms with Crippen molar-refractivity contribution >= 4 is 11.8 Å². The van der Waals surface area contributed by atoms with E-state index in [4.69, 9.17) is 5.26 Å². The van der Waals surface area contributed by atoms with E-state index >= 15 is 0 Å². The summed E-state index contributed by atoms with van der Waals surface area (Å²) < 4.78 is 13.9. The summed E-state index contributed by atoms with van der Waals surface area (Å²) in [5, 5.41) is 8.94. The summed E-state index contributed by atoms with van der Waals surface area (Å²) in [7, 11) is 0. The zero-order valence-electron chi connectivity index (χ0n) is 11.7. The number of piperazine rings is 1. The Morgan fingerprint density at radius 2 is 1.95 bits per heavy atom. The fourth-order valence-electron chi connectivity index (χ4n) is 3.31. The largest absolute Gasteiger partial charge is 0.347 e. The maximum atomic E-state index is 13.9. The van der Waals surface area contributed by atoms with Crippen LogP contribution >= 0.6 is 0 Å². The van der Waals surface area contributed by atoms with E-state index in [0.717, 1.165) is 13.0 Å². The minimum absolute atomic E-state index is 0.198. The van der Waals surface area contributed by atoms with Crippen molar-refractivity contribution < 1.29 is 4.39 Å². The Balaban J connectivity index is 1.57. The highest BCUT2D eigenvalue weighted by atomic mass is 19.1. The molecule has 2 saturated heterocycles. The van der Waals surface area contributed by atoms with Gasteiger partial charge in [0.2, 0.25) is 5.95 Å². The number of nitrogens with zero attached hydrogens (tertiary/aromatic N) is 6. The lowest BCUT2D eigenvalue weighted by Gasteiger charge is -2.34. The Morgan fingerprint density at radius 3 is 2.68 bits per heavy atom. The average Bonchev–Trinajstić information content (AvgIpc) is 3.16. The van der Waals surface area contributed by atoms with Crippen LogP contribution in [0, 0.1) is 17.1 Å². The van der Waals surface area contributed by atoms with E-state index in [1.807, 2.05) is 11.0 Å². The van der Waals surface area contributed by atoms with E-state index in [9.17, 15) is 4.39 Å². The molecule has 2 aromatic heterocycles. The molecular formula is C15H13FN6. The molecule has 2 bridgehead atoms.